The lowest BCUT2D eigenvalue weighted by atomic mass is 10.0. The molecule has 1 heterocycles. The Bertz CT molecular complexity index is 525. The van der Waals surface area contributed by atoms with Crippen molar-refractivity contribution in [3.05, 3.63) is 17.7 Å². The van der Waals surface area contributed by atoms with Crippen molar-refractivity contribution in [3.63, 3.8) is 0 Å². The zero-order chi connectivity index (χ0) is 14.1. The standard InChI is InChI=1S/C15H22N4O/c1-19(11-3-4-11)7-6-17-14-9-13-10(8-12(14)16)2-5-15(20)18-13/h8-9,11,17H,2-7,16H2,1H3,(H,18,20). The van der Waals surface area contributed by atoms with Gasteiger partial charge in [0, 0.05) is 31.2 Å². The minimum atomic E-state index is 0.0849. The highest BCUT2D eigenvalue weighted by Crippen LogP contribution is 2.31. The highest BCUT2D eigenvalue weighted by Gasteiger charge is 2.25. The van der Waals surface area contributed by atoms with E-state index in [9.17, 15) is 4.79 Å². The SMILES string of the molecule is CN(CCNc1cc2c(cc1N)CCC(=O)N2)C1CC1. The molecule has 4 N–H and O–H groups in total. The van der Waals surface area contributed by atoms with Crippen LogP contribution in [0, 0.1) is 0 Å². The molecule has 0 aromatic heterocycles. The zero-order valence-electron chi connectivity index (χ0n) is 11.9. The van der Waals surface area contributed by atoms with Crippen LogP contribution in [0.5, 0.6) is 0 Å². The molecule has 0 unspecified atom stereocenters. The van der Waals surface area contributed by atoms with Crippen molar-refractivity contribution in [2.45, 2.75) is 31.7 Å². The van der Waals surface area contributed by atoms with Crippen LogP contribution < -0.4 is 16.4 Å². The summed E-state index contributed by atoms with van der Waals surface area (Å²) in [5.74, 6) is 0.0849. The van der Waals surface area contributed by atoms with E-state index in [-0.39, 0.29) is 5.91 Å². The third-order valence-electron chi connectivity index (χ3n) is 4.12. The van der Waals surface area contributed by atoms with Gasteiger partial charge in [0.25, 0.3) is 0 Å². The Labute approximate surface area is 119 Å². The molecule has 20 heavy (non-hydrogen) atoms. The molecule has 5 nitrogen and oxygen atoms in total. The first-order valence-corrected chi connectivity index (χ1v) is 7.30. The Morgan fingerprint density at radius 3 is 2.95 bits per heavy atom. The van der Waals surface area contributed by atoms with E-state index in [2.05, 4.69) is 22.6 Å². The molecule has 0 saturated heterocycles. The van der Waals surface area contributed by atoms with Gasteiger partial charge in [-0.25, -0.2) is 0 Å². The number of amides is 1. The number of fused-ring (bicyclic) bond motifs is 1. The van der Waals surface area contributed by atoms with E-state index in [4.69, 9.17) is 5.73 Å². The largest absolute Gasteiger partial charge is 0.397 e. The van der Waals surface area contributed by atoms with Crippen LogP contribution in [0.3, 0.4) is 0 Å². The van der Waals surface area contributed by atoms with Crippen LogP contribution in [0.15, 0.2) is 12.1 Å². The lowest BCUT2D eigenvalue weighted by molar-refractivity contribution is -0.116. The number of carbonyl (C=O) groups excluding carboxylic acids is 1. The fraction of sp³-hybridized carbons (Fsp3) is 0.533. The van der Waals surface area contributed by atoms with Crippen LogP contribution in [0.1, 0.15) is 24.8 Å². The molecule has 5 heteroatoms. The lowest BCUT2D eigenvalue weighted by Crippen LogP contribution is -2.27. The van der Waals surface area contributed by atoms with Gasteiger partial charge < -0.3 is 21.3 Å². The molecular weight excluding hydrogens is 252 g/mol. The molecule has 1 aromatic carbocycles. The highest BCUT2D eigenvalue weighted by molar-refractivity contribution is 5.95. The summed E-state index contributed by atoms with van der Waals surface area (Å²) in [5.41, 5.74) is 9.77. The topological polar surface area (TPSA) is 70.4 Å². The predicted molar refractivity (Wildman–Crippen MR) is 81.9 cm³/mol. The average molecular weight is 274 g/mol. The number of nitrogen functional groups attached to an aromatic ring is 1. The summed E-state index contributed by atoms with van der Waals surface area (Å²) in [6.07, 6.45) is 3.97. The number of rotatable bonds is 5. The Morgan fingerprint density at radius 1 is 1.40 bits per heavy atom. The van der Waals surface area contributed by atoms with Gasteiger partial charge in [0.05, 0.1) is 11.4 Å². The van der Waals surface area contributed by atoms with Gasteiger partial charge in [-0.3, -0.25) is 4.79 Å². The molecule has 1 fully saturated rings. The molecule has 2 aliphatic rings. The number of nitrogens with zero attached hydrogens (tertiary/aromatic N) is 1. The number of likely N-dealkylation sites (N-methyl/N-ethyl adjacent to an activating group) is 1. The van der Waals surface area contributed by atoms with Crippen LogP contribution in [-0.4, -0.2) is 37.0 Å². The van der Waals surface area contributed by atoms with E-state index < -0.39 is 0 Å². The summed E-state index contributed by atoms with van der Waals surface area (Å²) >= 11 is 0. The summed E-state index contributed by atoms with van der Waals surface area (Å²) in [5, 5.41) is 6.28. The van der Waals surface area contributed by atoms with Crippen molar-refractivity contribution in [2.24, 2.45) is 0 Å². The maximum atomic E-state index is 11.4. The summed E-state index contributed by atoms with van der Waals surface area (Å²) in [4.78, 5) is 13.8. The number of nitrogens with one attached hydrogen (secondary N) is 2. The first-order chi connectivity index (χ1) is 9.63. The lowest BCUT2D eigenvalue weighted by Gasteiger charge is -2.21. The minimum absolute atomic E-state index is 0.0849. The van der Waals surface area contributed by atoms with Gasteiger partial charge in [0.2, 0.25) is 5.91 Å². The van der Waals surface area contributed by atoms with Gasteiger partial charge >= 0.3 is 0 Å². The average Bonchev–Trinajstić information content (AvgIpc) is 3.24. The van der Waals surface area contributed by atoms with E-state index in [0.29, 0.717) is 6.42 Å². The summed E-state index contributed by atoms with van der Waals surface area (Å²) in [6, 6.07) is 4.71. The van der Waals surface area contributed by atoms with Crippen LogP contribution in [-0.2, 0) is 11.2 Å². The van der Waals surface area contributed by atoms with E-state index in [1.54, 1.807) is 0 Å². The molecular formula is C15H22N4O. The molecule has 1 saturated carbocycles. The van der Waals surface area contributed by atoms with Gasteiger partial charge in [-0.1, -0.05) is 0 Å². The second-order valence-electron chi connectivity index (χ2n) is 5.78. The van der Waals surface area contributed by atoms with E-state index in [1.165, 1.54) is 12.8 Å². The molecule has 3 rings (SSSR count). The number of hydrogen-bond donors (Lipinski definition) is 3. The van der Waals surface area contributed by atoms with E-state index >= 15 is 0 Å². The maximum Gasteiger partial charge on any atom is 0.224 e. The Kier molecular flexibility index (Phi) is 3.53. The molecule has 1 amide bonds. The van der Waals surface area contributed by atoms with Crippen molar-refractivity contribution in [1.29, 1.82) is 0 Å². The van der Waals surface area contributed by atoms with Crippen LogP contribution in [0.2, 0.25) is 0 Å². The molecule has 0 radical (unpaired) electrons. The Morgan fingerprint density at radius 2 is 2.20 bits per heavy atom. The Hall–Kier alpha value is -1.75. The molecule has 1 aromatic rings. The number of nitrogens with two attached hydrogens (primary N) is 1. The van der Waals surface area contributed by atoms with Gasteiger partial charge in [0.1, 0.15) is 0 Å². The normalized spacial score (nSPS) is 17.8. The smallest absolute Gasteiger partial charge is 0.224 e. The van der Waals surface area contributed by atoms with E-state index in [1.807, 2.05) is 12.1 Å². The molecule has 108 valence electrons. The second kappa shape index (κ2) is 5.32. The van der Waals surface area contributed by atoms with Gasteiger partial charge in [-0.2, -0.15) is 0 Å². The monoisotopic (exact) mass is 274 g/mol. The van der Waals surface area contributed by atoms with Crippen molar-refractivity contribution < 1.29 is 4.79 Å². The predicted octanol–water partition coefficient (Wildman–Crippen LogP) is 1.66. The maximum absolute atomic E-state index is 11.4. The van der Waals surface area contributed by atoms with Gasteiger partial charge in [0.15, 0.2) is 0 Å². The number of benzene rings is 1. The molecule has 0 bridgehead atoms. The molecule has 0 atom stereocenters. The Balaban J connectivity index is 1.63. The zero-order valence-corrected chi connectivity index (χ0v) is 11.9. The number of hydrogen-bond acceptors (Lipinski definition) is 4. The molecule has 1 aliphatic heterocycles. The fourth-order valence-corrected chi connectivity index (χ4v) is 2.67. The fourth-order valence-electron chi connectivity index (χ4n) is 2.67. The van der Waals surface area contributed by atoms with Crippen LogP contribution >= 0.6 is 0 Å². The van der Waals surface area contributed by atoms with Gasteiger partial charge in [-0.05, 0) is 44.0 Å². The second-order valence-corrected chi connectivity index (χ2v) is 5.78. The highest BCUT2D eigenvalue weighted by atomic mass is 16.1. The number of anilines is 3. The van der Waals surface area contributed by atoms with Crippen LogP contribution in [0.4, 0.5) is 17.1 Å². The van der Waals surface area contributed by atoms with Crippen molar-refractivity contribution >= 4 is 23.0 Å². The van der Waals surface area contributed by atoms with Crippen LogP contribution in [0.25, 0.3) is 0 Å². The van der Waals surface area contributed by atoms with Crippen molar-refractivity contribution in [1.82, 2.24) is 4.90 Å². The number of carbonyl (C=O) groups is 1. The van der Waals surface area contributed by atoms with Crippen molar-refractivity contribution in [2.75, 3.05) is 36.5 Å². The third kappa shape index (κ3) is 2.88. The van der Waals surface area contributed by atoms with Crippen molar-refractivity contribution in [3.8, 4) is 0 Å². The van der Waals surface area contributed by atoms with Gasteiger partial charge in [-0.15, -0.1) is 0 Å². The molecule has 0 spiro atoms. The minimum Gasteiger partial charge on any atom is -0.397 e. The third-order valence-corrected chi connectivity index (χ3v) is 4.12. The molecule has 1 aliphatic carbocycles. The quantitative estimate of drug-likeness (QED) is 0.714. The summed E-state index contributed by atoms with van der Waals surface area (Å²) in [7, 11) is 2.16. The van der Waals surface area contributed by atoms with E-state index in [0.717, 1.165) is 48.2 Å². The summed E-state index contributed by atoms with van der Waals surface area (Å²) < 4.78 is 0. The number of aryl methyl sites for hydroxylation is 1. The first kappa shape index (κ1) is 13.2. The summed E-state index contributed by atoms with van der Waals surface area (Å²) in [6.45, 7) is 1.87. The first-order valence-electron chi connectivity index (χ1n) is 7.30.